The van der Waals surface area contributed by atoms with Gasteiger partial charge in [0.1, 0.15) is 0 Å². The van der Waals surface area contributed by atoms with Crippen molar-refractivity contribution in [1.82, 2.24) is 4.98 Å². The van der Waals surface area contributed by atoms with Gasteiger partial charge in [-0.15, -0.1) is 0 Å². The molecular weight excluding hydrogens is 192 g/mol. The van der Waals surface area contributed by atoms with Crippen LogP contribution in [0, 0.1) is 6.92 Å². The molecule has 0 bridgehead atoms. The molecule has 0 amide bonds. The second-order valence-corrected chi connectivity index (χ2v) is 4.16. The minimum atomic E-state index is -0.595. The first-order chi connectivity index (χ1) is 6.98. The molecule has 4 heteroatoms. The Bertz CT molecular complexity index is 337. The molecule has 0 fully saturated rings. The summed E-state index contributed by atoms with van der Waals surface area (Å²) in [4.78, 5) is 4.16. The largest absolute Gasteiger partial charge is 0.481 e. The Balaban J connectivity index is 2.84. The Morgan fingerprint density at radius 1 is 1.60 bits per heavy atom. The summed E-state index contributed by atoms with van der Waals surface area (Å²) in [5, 5.41) is 9.06. The Kier molecular flexibility index (Phi) is 3.66. The molecule has 0 aliphatic rings. The molecule has 1 atom stereocenters. The number of nitrogens with two attached hydrogens (primary N) is 1. The molecule has 1 rings (SSSR count). The van der Waals surface area contributed by atoms with Gasteiger partial charge in [0.25, 0.3) is 0 Å². The summed E-state index contributed by atoms with van der Waals surface area (Å²) in [6.07, 6.45) is 2.33. The number of hydrogen-bond acceptors (Lipinski definition) is 4. The van der Waals surface area contributed by atoms with Crippen molar-refractivity contribution >= 4 is 0 Å². The van der Waals surface area contributed by atoms with Crippen molar-refractivity contribution in [2.24, 2.45) is 5.73 Å². The van der Waals surface area contributed by atoms with Gasteiger partial charge in [-0.05, 0) is 31.9 Å². The van der Waals surface area contributed by atoms with Gasteiger partial charge >= 0.3 is 0 Å². The van der Waals surface area contributed by atoms with E-state index in [1.165, 1.54) is 0 Å². The lowest BCUT2D eigenvalue weighted by Crippen LogP contribution is -2.42. The van der Waals surface area contributed by atoms with E-state index >= 15 is 0 Å². The van der Waals surface area contributed by atoms with Crippen LogP contribution >= 0.6 is 0 Å². The minimum Gasteiger partial charge on any atom is -0.481 e. The summed E-state index contributed by atoms with van der Waals surface area (Å²) in [5.74, 6) is 0.626. The molecule has 4 nitrogen and oxygen atoms in total. The maximum atomic E-state index is 9.06. The summed E-state index contributed by atoms with van der Waals surface area (Å²) in [5.41, 5.74) is 7.25. The van der Waals surface area contributed by atoms with Gasteiger partial charge < -0.3 is 15.6 Å². The molecule has 0 aliphatic carbocycles. The highest BCUT2D eigenvalue weighted by molar-refractivity contribution is 5.29. The van der Waals surface area contributed by atoms with Crippen molar-refractivity contribution in [3.8, 4) is 5.88 Å². The molecule has 0 radical (unpaired) electrons. The number of aliphatic hydroxyl groups is 1. The zero-order valence-corrected chi connectivity index (χ0v) is 9.45. The highest BCUT2D eigenvalue weighted by Crippen LogP contribution is 2.17. The second-order valence-electron chi connectivity index (χ2n) is 4.16. The van der Waals surface area contributed by atoms with Crippen LogP contribution in [0.4, 0.5) is 0 Å². The first-order valence-electron chi connectivity index (χ1n) is 4.88. The van der Waals surface area contributed by atoms with Crippen LogP contribution in [0.2, 0.25) is 0 Å². The highest BCUT2D eigenvalue weighted by atomic mass is 16.5. The maximum absolute atomic E-state index is 9.06. The van der Waals surface area contributed by atoms with Gasteiger partial charge in [-0.25, -0.2) is 4.98 Å². The lowest BCUT2D eigenvalue weighted by Gasteiger charge is -2.21. The fourth-order valence-corrected chi connectivity index (χ4v) is 1.45. The number of pyridine rings is 1. The minimum absolute atomic E-state index is 0.0436. The molecule has 0 spiro atoms. The summed E-state index contributed by atoms with van der Waals surface area (Å²) in [6.45, 7) is 3.70. The fourth-order valence-electron chi connectivity index (χ4n) is 1.45. The van der Waals surface area contributed by atoms with Crippen molar-refractivity contribution in [1.29, 1.82) is 0 Å². The summed E-state index contributed by atoms with van der Waals surface area (Å²) >= 11 is 0. The number of nitrogens with zero attached hydrogens (tertiary/aromatic N) is 1. The van der Waals surface area contributed by atoms with E-state index in [1.54, 1.807) is 13.3 Å². The van der Waals surface area contributed by atoms with Crippen molar-refractivity contribution in [3.63, 3.8) is 0 Å². The average molecular weight is 210 g/mol. The fraction of sp³-hybridized carbons (Fsp3) is 0.545. The Labute approximate surface area is 90.1 Å². The lowest BCUT2D eigenvalue weighted by atomic mass is 9.95. The van der Waals surface area contributed by atoms with Gasteiger partial charge in [0.15, 0.2) is 0 Å². The van der Waals surface area contributed by atoms with Crippen molar-refractivity contribution in [2.45, 2.75) is 25.8 Å². The van der Waals surface area contributed by atoms with Crippen LogP contribution in [0.15, 0.2) is 12.3 Å². The Hall–Kier alpha value is -1.13. The van der Waals surface area contributed by atoms with Crippen LogP contribution < -0.4 is 10.5 Å². The molecule has 0 saturated carbocycles. The van der Waals surface area contributed by atoms with E-state index in [4.69, 9.17) is 15.6 Å². The third-order valence-electron chi connectivity index (χ3n) is 2.25. The normalized spacial score (nSPS) is 14.7. The van der Waals surface area contributed by atoms with Gasteiger partial charge in [0.05, 0.1) is 13.7 Å². The van der Waals surface area contributed by atoms with Gasteiger partial charge in [-0.1, -0.05) is 0 Å². The number of aromatic nitrogens is 1. The predicted octanol–water partition coefficient (Wildman–Crippen LogP) is 0.651. The monoisotopic (exact) mass is 210 g/mol. The van der Waals surface area contributed by atoms with Crippen molar-refractivity contribution in [2.75, 3.05) is 13.7 Å². The van der Waals surface area contributed by atoms with Gasteiger partial charge in [0.2, 0.25) is 5.88 Å². The Morgan fingerprint density at radius 2 is 2.27 bits per heavy atom. The topological polar surface area (TPSA) is 68.4 Å². The first-order valence-corrected chi connectivity index (χ1v) is 4.88. The summed E-state index contributed by atoms with van der Waals surface area (Å²) < 4.78 is 5.06. The van der Waals surface area contributed by atoms with Crippen LogP contribution in [0.3, 0.4) is 0 Å². The third-order valence-corrected chi connectivity index (χ3v) is 2.25. The number of hydrogen-bond donors (Lipinski definition) is 2. The van der Waals surface area contributed by atoms with Crippen LogP contribution in [0.25, 0.3) is 0 Å². The van der Waals surface area contributed by atoms with E-state index in [9.17, 15) is 0 Å². The van der Waals surface area contributed by atoms with Crippen molar-refractivity contribution in [3.05, 3.63) is 23.4 Å². The van der Waals surface area contributed by atoms with Crippen LogP contribution in [0.1, 0.15) is 18.1 Å². The number of ether oxygens (including phenoxy) is 1. The average Bonchev–Trinajstić information content (AvgIpc) is 2.17. The standard InChI is InChI=1S/C11H18N2O2/c1-8-4-9(5-11(2,12)7-14)6-13-10(8)15-3/h4,6,14H,5,7,12H2,1-3H3. The van der Waals surface area contributed by atoms with Crippen molar-refractivity contribution < 1.29 is 9.84 Å². The summed E-state index contributed by atoms with van der Waals surface area (Å²) in [7, 11) is 1.59. The van der Waals surface area contributed by atoms with Crippen LogP contribution in [0.5, 0.6) is 5.88 Å². The molecule has 0 aliphatic heterocycles. The van der Waals surface area contributed by atoms with E-state index in [0.29, 0.717) is 12.3 Å². The number of methoxy groups -OCH3 is 1. The van der Waals surface area contributed by atoms with Crippen LogP contribution in [-0.4, -0.2) is 29.3 Å². The quantitative estimate of drug-likeness (QED) is 0.765. The van der Waals surface area contributed by atoms with E-state index in [-0.39, 0.29) is 6.61 Å². The SMILES string of the molecule is COc1ncc(CC(C)(N)CO)cc1C. The maximum Gasteiger partial charge on any atom is 0.215 e. The molecule has 15 heavy (non-hydrogen) atoms. The molecule has 84 valence electrons. The van der Waals surface area contributed by atoms with Crippen LogP contribution in [-0.2, 0) is 6.42 Å². The number of aliphatic hydroxyl groups excluding tert-OH is 1. The lowest BCUT2D eigenvalue weighted by molar-refractivity contribution is 0.208. The highest BCUT2D eigenvalue weighted by Gasteiger charge is 2.18. The first kappa shape index (κ1) is 11.9. The third kappa shape index (κ3) is 3.18. The zero-order valence-electron chi connectivity index (χ0n) is 9.45. The molecule has 1 aromatic rings. The molecular formula is C11H18N2O2. The molecule has 1 aromatic heterocycles. The Morgan fingerprint density at radius 3 is 2.73 bits per heavy atom. The van der Waals surface area contributed by atoms with E-state index < -0.39 is 5.54 Å². The smallest absolute Gasteiger partial charge is 0.215 e. The molecule has 3 N–H and O–H groups in total. The van der Waals surface area contributed by atoms with E-state index in [0.717, 1.165) is 11.1 Å². The zero-order chi connectivity index (χ0) is 11.5. The second kappa shape index (κ2) is 4.59. The van der Waals surface area contributed by atoms with Gasteiger partial charge in [-0.3, -0.25) is 0 Å². The summed E-state index contributed by atoms with van der Waals surface area (Å²) in [6, 6.07) is 1.98. The molecule has 0 saturated heterocycles. The predicted molar refractivity (Wildman–Crippen MR) is 58.9 cm³/mol. The van der Waals surface area contributed by atoms with Gasteiger partial charge in [0, 0.05) is 17.3 Å². The number of rotatable bonds is 4. The van der Waals surface area contributed by atoms with E-state index in [2.05, 4.69) is 4.98 Å². The van der Waals surface area contributed by atoms with E-state index in [1.807, 2.05) is 19.9 Å². The van der Waals surface area contributed by atoms with Gasteiger partial charge in [-0.2, -0.15) is 0 Å². The molecule has 0 aromatic carbocycles. The number of aryl methyl sites for hydroxylation is 1. The molecule has 1 heterocycles. The molecule has 1 unspecified atom stereocenters.